The first kappa shape index (κ1) is 14.2. The summed E-state index contributed by atoms with van der Waals surface area (Å²) in [5.74, 6) is 0.544. The molecule has 0 saturated carbocycles. The molecule has 0 amide bonds. The first-order chi connectivity index (χ1) is 8.74. The topological polar surface area (TPSA) is 96.9 Å². The van der Waals surface area contributed by atoms with Crippen LogP contribution in [0.3, 0.4) is 0 Å². The van der Waals surface area contributed by atoms with E-state index < -0.39 is 0 Å². The van der Waals surface area contributed by atoms with Gasteiger partial charge in [-0.2, -0.15) is 0 Å². The third-order valence-corrected chi connectivity index (χ3v) is 2.42. The van der Waals surface area contributed by atoms with E-state index in [2.05, 4.69) is 15.1 Å². The lowest BCUT2D eigenvalue weighted by Crippen LogP contribution is -2.31. The molecular formula is C11H19N5O2. The molecule has 1 aromatic heterocycles. The Morgan fingerprint density at radius 3 is 2.78 bits per heavy atom. The fraction of sp³-hybridized carbons (Fsp3) is 0.545. The molecular weight excluding hydrogens is 234 g/mol. The zero-order valence-electron chi connectivity index (χ0n) is 10.7. The lowest BCUT2D eigenvalue weighted by atomic mass is 10.3. The van der Waals surface area contributed by atoms with Gasteiger partial charge >= 0.3 is 0 Å². The number of hydrogen-bond donors (Lipinski definition) is 2. The average molecular weight is 253 g/mol. The molecule has 100 valence electrons. The predicted octanol–water partition coefficient (Wildman–Crippen LogP) is 0.434. The maximum absolute atomic E-state index is 8.73. The predicted molar refractivity (Wildman–Crippen MR) is 68.9 cm³/mol. The summed E-state index contributed by atoms with van der Waals surface area (Å²) < 4.78 is 5.31. The third-order valence-electron chi connectivity index (χ3n) is 2.42. The van der Waals surface area contributed by atoms with Gasteiger partial charge in [0.05, 0.1) is 6.61 Å². The van der Waals surface area contributed by atoms with Gasteiger partial charge in [0.2, 0.25) is 0 Å². The maximum atomic E-state index is 8.73. The molecule has 18 heavy (non-hydrogen) atoms. The van der Waals surface area contributed by atoms with Gasteiger partial charge in [-0.3, -0.25) is 0 Å². The molecule has 0 aliphatic heterocycles. The van der Waals surface area contributed by atoms with Gasteiger partial charge in [0.25, 0.3) is 0 Å². The molecule has 1 rings (SSSR count). The Morgan fingerprint density at radius 2 is 2.17 bits per heavy atom. The highest BCUT2D eigenvalue weighted by atomic mass is 16.5. The van der Waals surface area contributed by atoms with Crippen molar-refractivity contribution in [2.75, 3.05) is 31.2 Å². The Balaban J connectivity index is 2.91. The molecule has 1 heterocycles. The second-order valence-corrected chi connectivity index (χ2v) is 3.49. The third kappa shape index (κ3) is 3.56. The van der Waals surface area contributed by atoms with Crippen molar-refractivity contribution < 1.29 is 9.94 Å². The van der Waals surface area contributed by atoms with Gasteiger partial charge in [0, 0.05) is 32.1 Å². The van der Waals surface area contributed by atoms with Crippen LogP contribution in [0.25, 0.3) is 0 Å². The van der Waals surface area contributed by atoms with E-state index in [9.17, 15) is 0 Å². The minimum atomic E-state index is -0.0482. The summed E-state index contributed by atoms with van der Waals surface area (Å²) in [6.07, 6.45) is 3.08. The number of nitrogens with zero attached hydrogens (tertiary/aromatic N) is 4. The number of amidine groups is 1. The van der Waals surface area contributed by atoms with Crippen molar-refractivity contribution in [1.29, 1.82) is 0 Å². The van der Waals surface area contributed by atoms with Crippen molar-refractivity contribution in [3.63, 3.8) is 0 Å². The summed E-state index contributed by atoms with van der Waals surface area (Å²) >= 11 is 0. The second kappa shape index (κ2) is 7.44. The van der Waals surface area contributed by atoms with Gasteiger partial charge < -0.3 is 20.6 Å². The molecule has 7 heteroatoms. The van der Waals surface area contributed by atoms with Crippen LogP contribution in [-0.4, -0.2) is 47.3 Å². The van der Waals surface area contributed by atoms with Crippen LogP contribution in [0.5, 0.6) is 0 Å². The number of oxime groups is 1. The molecule has 0 spiro atoms. The minimum Gasteiger partial charge on any atom is -0.409 e. The van der Waals surface area contributed by atoms with Crippen molar-refractivity contribution in [3.8, 4) is 0 Å². The van der Waals surface area contributed by atoms with Crippen LogP contribution in [0.4, 0.5) is 5.82 Å². The Morgan fingerprint density at radius 1 is 1.44 bits per heavy atom. The first-order valence-corrected chi connectivity index (χ1v) is 5.86. The van der Waals surface area contributed by atoms with Crippen molar-refractivity contribution >= 4 is 11.7 Å². The Kier molecular flexibility index (Phi) is 5.86. The standard InChI is InChI=1S/C11H19N5O2/c1-3-16(7-8-18-4-2)11-9(10(12)15-17)13-5-6-14-11/h5-6,17H,3-4,7-8H2,1-2H3,(H2,12,15). The Hall–Kier alpha value is -1.89. The normalized spacial score (nSPS) is 11.6. The molecule has 0 fully saturated rings. The molecule has 0 radical (unpaired) electrons. The van der Waals surface area contributed by atoms with Gasteiger partial charge in [-0.1, -0.05) is 5.16 Å². The van der Waals surface area contributed by atoms with E-state index in [1.807, 2.05) is 18.7 Å². The lowest BCUT2D eigenvalue weighted by molar-refractivity contribution is 0.154. The van der Waals surface area contributed by atoms with Crippen LogP contribution in [-0.2, 0) is 4.74 Å². The van der Waals surface area contributed by atoms with Crippen LogP contribution in [0.15, 0.2) is 17.5 Å². The van der Waals surface area contributed by atoms with E-state index in [1.165, 1.54) is 6.20 Å². The van der Waals surface area contributed by atoms with E-state index >= 15 is 0 Å². The Labute approximate surface area is 106 Å². The highest BCUT2D eigenvalue weighted by Gasteiger charge is 2.15. The number of ether oxygens (including phenoxy) is 1. The number of nitrogens with two attached hydrogens (primary N) is 1. The molecule has 0 aliphatic carbocycles. The van der Waals surface area contributed by atoms with Crippen molar-refractivity contribution in [2.24, 2.45) is 10.9 Å². The van der Waals surface area contributed by atoms with Gasteiger partial charge in [0.1, 0.15) is 0 Å². The zero-order valence-corrected chi connectivity index (χ0v) is 10.7. The molecule has 0 unspecified atom stereocenters. The van der Waals surface area contributed by atoms with Gasteiger partial charge in [0.15, 0.2) is 17.3 Å². The van der Waals surface area contributed by atoms with E-state index in [0.717, 1.165) is 6.54 Å². The van der Waals surface area contributed by atoms with Gasteiger partial charge in [-0.15, -0.1) is 0 Å². The highest BCUT2D eigenvalue weighted by Crippen LogP contribution is 2.14. The van der Waals surface area contributed by atoms with E-state index in [4.69, 9.17) is 15.7 Å². The van der Waals surface area contributed by atoms with Gasteiger partial charge in [-0.25, -0.2) is 9.97 Å². The quantitative estimate of drug-likeness (QED) is 0.240. The second-order valence-electron chi connectivity index (χ2n) is 3.49. The molecule has 0 aromatic carbocycles. The van der Waals surface area contributed by atoms with Crippen molar-refractivity contribution in [3.05, 3.63) is 18.1 Å². The smallest absolute Gasteiger partial charge is 0.192 e. The minimum absolute atomic E-state index is 0.0482. The fourth-order valence-corrected chi connectivity index (χ4v) is 1.52. The molecule has 7 nitrogen and oxygen atoms in total. The number of rotatable bonds is 7. The van der Waals surface area contributed by atoms with Crippen LogP contribution in [0.1, 0.15) is 19.5 Å². The fourth-order valence-electron chi connectivity index (χ4n) is 1.52. The summed E-state index contributed by atoms with van der Waals surface area (Å²) in [5.41, 5.74) is 5.96. The maximum Gasteiger partial charge on any atom is 0.192 e. The summed E-state index contributed by atoms with van der Waals surface area (Å²) in [4.78, 5) is 10.3. The van der Waals surface area contributed by atoms with Crippen molar-refractivity contribution in [2.45, 2.75) is 13.8 Å². The monoisotopic (exact) mass is 253 g/mol. The molecule has 3 N–H and O–H groups in total. The van der Waals surface area contributed by atoms with Crippen molar-refractivity contribution in [1.82, 2.24) is 9.97 Å². The van der Waals surface area contributed by atoms with Crippen LogP contribution < -0.4 is 10.6 Å². The number of likely N-dealkylation sites (N-methyl/N-ethyl adjacent to an activating group) is 1. The van der Waals surface area contributed by atoms with E-state index in [1.54, 1.807) is 6.20 Å². The molecule has 1 aromatic rings. The number of aromatic nitrogens is 2. The molecule has 0 bridgehead atoms. The zero-order chi connectivity index (χ0) is 13.4. The van der Waals surface area contributed by atoms with Crippen LogP contribution >= 0.6 is 0 Å². The number of anilines is 1. The summed E-state index contributed by atoms with van der Waals surface area (Å²) in [6.45, 7) is 6.62. The largest absolute Gasteiger partial charge is 0.409 e. The van der Waals surface area contributed by atoms with E-state index in [0.29, 0.717) is 31.3 Å². The first-order valence-electron chi connectivity index (χ1n) is 5.86. The van der Waals surface area contributed by atoms with Crippen LogP contribution in [0.2, 0.25) is 0 Å². The molecule has 0 saturated heterocycles. The van der Waals surface area contributed by atoms with E-state index in [-0.39, 0.29) is 5.84 Å². The molecule has 0 aliphatic rings. The SMILES string of the molecule is CCOCCN(CC)c1nccnc1C(N)=NO. The highest BCUT2D eigenvalue weighted by molar-refractivity contribution is 5.99. The summed E-state index contributed by atoms with van der Waals surface area (Å²) in [7, 11) is 0. The summed E-state index contributed by atoms with van der Waals surface area (Å²) in [5, 5.41) is 11.7. The van der Waals surface area contributed by atoms with Gasteiger partial charge in [-0.05, 0) is 13.8 Å². The summed E-state index contributed by atoms with van der Waals surface area (Å²) in [6, 6.07) is 0. The molecule has 0 atom stereocenters. The van der Waals surface area contributed by atoms with Crippen LogP contribution in [0, 0.1) is 0 Å². The average Bonchev–Trinajstić information content (AvgIpc) is 2.43. The lowest BCUT2D eigenvalue weighted by Gasteiger charge is -2.23. The number of hydrogen-bond acceptors (Lipinski definition) is 6. The Bertz CT molecular complexity index is 397.